The lowest BCUT2D eigenvalue weighted by atomic mass is 9.97. The number of piperidine rings is 1. The van der Waals surface area contributed by atoms with E-state index in [2.05, 4.69) is 10.6 Å². The second-order valence-electron chi connectivity index (χ2n) is 9.72. The molecule has 0 saturated carbocycles. The molecule has 1 unspecified atom stereocenters. The van der Waals surface area contributed by atoms with E-state index in [0.717, 1.165) is 27.1 Å². The van der Waals surface area contributed by atoms with Crippen LogP contribution < -0.4 is 19.7 Å². The third-order valence-corrected chi connectivity index (χ3v) is 8.21. The zero-order valence-electron chi connectivity index (χ0n) is 22.9. The maximum absolute atomic E-state index is 13.0. The SMILES string of the molecule is COc1cc(OC)c(C2C=C(c3csc(C4CCN(C(=O)Cn5nc(C(F)(F)F)cc5C)CC4)n3)NO2)c(OC)c1. The number of benzene rings is 1. The number of alkyl halides is 3. The van der Waals surface area contributed by atoms with E-state index in [0.29, 0.717) is 54.4 Å². The van der Waals surface area contributed by atoms with E-state index in [9.17, 15) is 18.0 Å². The molecule has 1 aromatic carbocycles. The van der Waals surface area contributed by atoms with Gasteiger partial charge in [0, 0.05) is 42.2 Å². The van der Waals surface area contributed by atoms with Crippen LogP contribution in [-0.4, -0.2) is 60.0 Å². The van der Waals surface area contributed by atoms with Gasteiger partial charge in [0.15, 0.2) is 5.69 Å². The minimum absolute atomic E-state index is 0.168. The van der Waals surface area contributed by atoms with Crippen molar-refractivity contribution >= 4 is 22.9 Å². The Bertz CT molecular complexity index is 1420. The zero-order chi connectivity index (χ0) is 29.3. The van der Waals surface area contributed by atoms with Crippen LogP contribution >= 0.6 is 11.3 Å². The van der Waals surface area contributed by atoms with Crippen LogP contribution in [0.1, 0.15) is 52.5 Å². The van der Waals surface area contributed by atoms with Crippen molar-refractivity contribution in [1.29, 1.82) is 0 Å². The number of halogens is 3. The standard InChI is InChI=1S/C27H30F3N5O5S/c1-15-9-23(27(28,29)30)32-35(15)13-24(36)34-7-5-16(6-8-34)26-31-19(14-41-26)18-12-22(40-33-18)25-20(38-3)10-17(37-2)11-21(25)39-4/h9-12,14,16,22,33H,5-8,13H2,1-4H3. The molecule has 1 atom stereocenters. The van der Waals surface area contributed by atoms with E-state index < -0.39 is 18.0 Å². The summed E-state index contributed by atoms with van der Waals surface area (Å²) in [4.78, 5) is 25.1. The first-order valence-corrected chi connectivity index (χ1v) is 13.8. The van der Waals surface area contributed by atoms with Crippen LogP contribution in [0.5, 0.6) is 17.2 Å². The molecule has 2 aliphatic rings. The number of likely N-dealkylation sites (tertiary alicyclic amines) is 1. The largest absolute Gasteiger partial charge is 0.496 e. The van der Waals surface area contributed by atoms with Crippen molar-refractivity contribution in [1.82, 2.24) is 25.1 Å². The van der Waals surface area contributed by atoms with Gasteiger partial charge in [-0.05, 0) is 31.9 Å². The number of methoxy groups -OCH3 is 3. The molecule has 14 heteroatoms. The fourth-order valence-corrected chi connectivity index (χ4v) is 5.94. The second kappa shape index (κ2) is 11.6. The lowest BCUT2D eigenvalue weighted by Gasteiger charge is -2.31. The van der Waals surface area contributed by atoms with Gasteiger partial charge in [0.2, 0.25) is 5.91 Å². The Balaban J connectivity index is 1.22. The van der Waals surface area contributed by atoms with E-state index in [1.165, 1.54) is 6.92 Å². The average molecular weight is 594 g/mol. The number of amides is 1. The molecule has 220 valence electrons. The maximum Gasteiger partial charge on any atom is 0.435 e. The highest BCUT2D eigenvalue weighted by Gasteiger charge is 2.35. The van der Waals surface area contributed by atoms with Crippen molar-refractivity contribution in [3.05, 3.63) is 57.3 Å². The Morgan fingerprint density at radius 3 is 2.39 bits per heavy atom. The minimum Gasteiger partial charge on any atom is -0.496 e. The lowest BCUT2D eigenvalue weighted by molar-refractivity contribution is -0.142. The number of nitrogens with zero attached hydrogens (tertiary/aromatic N) is 4. The molecule has 0 spiro atoms. The minimum atomic E-state index is -4.55. The molecule has 2 aromatic heterocycles. The highest BCUT2D eigenvalue weighted by molar-refractivity contribution is 7.09. The molecule has 0 aliphatic carbocycles. The first-order chi connectivity index (χ1) is 19.6. The summed E-state index contributed by atoms with van der Waals surface area (Å²) in [7, 11) is 4.70. The van der Waals surface area contributed by atoms with Crippen molar-refractivity contribution in [3.63, 3.8) is 0 Å². The van der Waals surface area contributed by atoms with Crippen molar-refractivity contribution in [2.45, 2.75) is 44.5 Å². The summed E-state index contributed by atoms with van der Waals surface area (Å²) >= 11 is 1.54. The van der Waals surface area contributed by atoms with Gasteiger partial charge in [-0.2, -0.15) is 18.3 Å². The molecular formula is C27H30F3N5O5S. The molecule has 4 heterocycles. The number of hydrogen-bond donors (Lipinski definition) is 1. The molecule has 1 N–H and O–H groups in total. The van der Waals surface area contributed by atoms with Gasteiger partial charge >= 0.3 is 6.18 Å². The number of rotatable bonds is 8. The first-order valence-electron chi connectivity index (χ1n) is 12.9. The van der Waals surface area contributed by atoms with Gasteiger partial charge in [0.25, 0.3) is 0 Å². The predicted octanol–water partition coefficient (Wildman–Crippen LogP) is 4.72. The fourth-order valence-electron chi connectivity index (χ4n) is 4.95. The Labute approximate surface area is 238 Å². The van der Waals surface area contributed by atoms with E-state index >= 15 is 0 Å². The molecule has 0 radical (unpaired) electrons. The number of hydroxylamine groups is 1. The number of carbonyl (C=O) groups excluding carboxylic acids is 1. The van der Waals surface area contributed by atoms with Crippen molar-refractivity contribution in [2.24, 2.45) is 0 Å². The van der Waals surface area contributed by atoms with Crippen molar-refractivity contribution in [2.75, 3.05) is 34.4 Å². The predicted molar refractivity (Wildman–Crippen MR) is 144 cm³/mol. The zero-order valence-corrected chi connectivity index (χ0v) is 23.8. The summed E-state index contributed by atoms with van der Waals surface area (Å²) in [5, 5.41) is 6.48. The number of carbonyl (C=O) groups is 1. The van der Waals surface area contributed by atoms with Crippen LogP contribution in [0.3, 0.4) is 0 Å². The third kappa shape index (κ3) is 5.98. The number of hydrogen-bond acceptors (Lipinski definition) is 9. The summed E-state index contributed by atoms with van der Waals surface area (Å²) in [6, 6.07) is 4.48. The van der Waals surface area contributed by atoms with Gasteiger partial charge in [-0.1, -0.05) is 0 Å². The maximum atomic E-state index is 13.0. The van der Waals surface area contributed by atoms with E-state index in [4.69, 9.17) is 24.0 Å². The number of aromatic nitrogens is 3. The van der Waals surface area contributed by atoms with E-state index in [1.807, 2.05) is 11.5 Å². The second-order valence-corrected chi connectivity index (χ2v) is 10.6. The van der Waals surface area contributed by atoms with Crippen LogP contribution in [0.2, 0.25) is 0 Å². The lowest BCUT2D eigenvalue weighted by Crippen LogP contribution is -2.40. The molecule has 1 saturated heterocycles. The summed E-state index contributed by atoms with van der Waals surface area (Å²) in [5.74, 6) is 1.64. The number of aryl methyl sites for hydroxylation is 1. The number of ether oxygens (including phenoxy) is 3. The smallest absolute Gasteiger partial charge is 0.435 e. The van der Waals surface area contributed by atoms with Gasteiger partial charge in [0.1, 0.15) is 29.9 Å². The normalized spacial score (nSPS) is 17.8. The number of nitrogens with one attached hydrogen (secondary N) is 1. The van der Waals surface area contributed by atoms with E-state index in [1.54, 1.807) is 49.7 Å². The summed E-state index contributed by atoms with van der Waals surface area (Å²) in [6.45, 7) is 2.27. The van der Waals surface area contributed by atoms with Crippen LogP contribution in [0.4, 0.5) is 13.2 Å². The van der Waals surface area contributed by atoms with Gasteiger partial charge in [-0.25, -0.2) is 4.98 Å². The van der Waals surface area contributed by atoms with Crippen molar-refractivity contribution in [3.8, 4) is 17.2 Å². The third-order valence-electron chi connectivity index (χ3n) is 7.20. The quantitative estimate of drug-likeness (QED) is 0.401. The Morgan fingerprint density at radius 2 is 1.80 bits per heavy atom. The molecule has 1 fully saturated rings. The van der Waals surface area contributed by atoms with Crippen molar-refractivity contribution < 1.29 is 37.0 Å². The van der Waals surface area contributed by atoms with Crippen LogP contribution in [0, 0.1) is 6.92 Å². The van der Waals surface area contributed by atoms with Gasteiger partial charge in [-0.15, -0.1) is 11.3 Å². The molecular weight excluding hydrogens is 563 g/mol. The van der Waals surface area contributed by atoms with Gasteiger partial charge < -0.3 is 19.1 Å². The Morgan fingerprint density at radius 1 is 1.12 bits per heavy atom. The highest BCUT2D eigenvalue weighted by atomic mass is 32.1. The first kappa shape index (κ1) is 28.7. The summed E-state index contributed by atoms with van der Waals surface area (Å²) < 4.78 is 56.4. The average Bonchev–Trinajstić information content (AvgIpc) is 3.72. The molecule has 41 heavy (non-hydrogen) atoms. The van der Waals surface area contributed by atoms with Gasteiger partial charge in [0.05, 0.1) is 43.3 Å². The monoisotopic (exact) mass is 593 g/mol. The van der Waals surface area contributed by atoms with Gasteiger partial charge in [-0.3, -0.25) is 19.8 Å². The molecule has 10 nitrogen and oxygen atoms in total. The summed E-state index contributed by atoms with van der Waals surface area (Å²) in [6.07, 6.45) is -1.71. The topological polar surface area (TPSA) is 100.0 Å². The van der Waals surface area contributed by atoms with Crippen LogP contribution in [-0.2, 0) is 22.4 Å². The Kier molecular flexibility index (Phi) is 8.13. The Hall–Kier alpha value is -3.78. The molecule has 3 aromatic rings. The molecule has 2 aliphatic heterocycles. The highest BCUT2D eigenvalue weighted by Crippen LogP contribution is 2.43. The number of thiazole rings is 1. The van der Waals surface area contributed by atoms with E-state index in [-0.39, 0.29) is 18.4 Å². The molecule has 1 amide bonds. The molecule has 5 rings (SSSR count). The van der Waals surface area contributed by atoms with Crippen LogP contribution in [0.25, 0.3) is 5.70 Å². The summed E-state index contributed by atoms with van der Waals surface area (Å²) in [5.41, 5.74) is 4.44. The van der Waals surface area contributed by atoms with Crippen LogP contribution in [0.15, 0.2) is 29.7 Å². The molecule has 0 bridgehead atoms. The fraction of sp³-hybridized carbons (Fsp3) is 0.444.